The maximum Gasteiger partial charge on any atom is 0.410 e. The van der Waals surface area contributed by atoms with Crippen LogP contribution in [0.1, 0.15) is 36.7 Å². The molecule has 0 aliphatic rings. The van der Waals surface area contributed by atoms with E-state index < -0.39 is 16.9 Å². The molecule has 0 aliphatic carbocycles. The van der Waals surface area contributed by atoms with Gasteiger partial charge in [-0.1, -0.05) is 18.2 Å². The molecule has 5 heteroatoms. The zero-order valence-electron chi connectivity index (χ0n) is 11.6. The molecule has 0 spiro atoms. The standard InChI is InChI=1S/C14H18ClNO3/c1-14(2,3)19-13(18)16(4)9-10-6-5-7-11(8-10)12(15)17/h5-8H,9H2,1-4H3. The quantitative estimate of drug-likeness (QED) is 0.799. The lowest BCUT2D eigenvalue weighted by Crippen LogP contribution is -2.33. The summed E-state index contributed by atoms with van der Waals surface area (Å²) in [5, 5.41) is -0.512. The van der Waals surface area contributed by atoms with Crippen molar-refractivity contribution >= 4 is 22.9 Å². The Hall–Kier alpha value is -1.55. The molecule has 0 radical (unpaired) electrons. The van der Waals surface area contributed by atoms with Crippen LogP contribution in [0.15, 0.2) is 24.3 Å². The van der Waals surface area contributed by atoms with Crippen molar-refractivity contribution in [3.63, 3.8) is 0 Å². The van der Waals surface area contributed by atoms with Gasteiger partial charge in [0.05, 0.1) is 0 Å². The summed E-state index contributed by atoms with van der Waals surface area (Å²) in [5.74, 6) is 0. The Bertz CT molecular complexity index is 480. The van der Waals surface area contributed by atoms with Crippen molar-refractivity contribution in [2.45, 2.75) is 32.9 Å². The third-order valence-electron chi connectivity index (χ3n) is 2.28. The lowest BCUT2D eigenvalue weighted by molar-refractivity contribution is 0.0285. The fourth-order valence-electron chi connectivity index (χ4n) is 1.47. The van der Waals surface area contributed by atoms with E-state index in [1.807, 2.05) is 26.8 Å². The van der Waals surface area contributed by atoms with Gasteiger partial charge >= 0.3 is 6.09 Å². The van der Waals surface area contributed by atoms with Crippen LogP contribution < -0.4 is 0 Å². The lowest BCUT2D eigenvalue weighted by atomic mass is 10.1. The normalized spacial score (nSPS) is 11.0. The first-order valence-corrected chi connectivity index (χ1v) is 6.30. The number of rotatable bonds is 3. The van der Waals surface area contributed by atoms with Gasteiger partial charge in [-0.2, -0.15) is 0 Å². The highest BCUT2D eigenvalue weighted by molar-refractivity contribution is 6.67. The lowest BCUT2D eigenvalue weighted by Gasteiger charge is -2.24. The third-order valence-corrected chi connectivity index (χ3v) is 2.50. The number of carbonyl (C=O) groups excluding carboxylic acids is 2. The van der Waals surface area contributed by atoms with Crippen LogP contribution in [0.5, 0.6) is 0 Å². The number of amides is 1. The number of benzene rings is 1. The predicted octanol–water partition coefficient (Wildman–Crippen LogP) is 3.43. The Morgan fingerprint density at radius 1 is 1.32 bits per heavy atom. The van der Waals surface area contributed by atoms with Crippen LogP contribution in [0.3, 0.4) is 0 Å². The summed E-state index contributed by atoms with van der Waals surface area (Å²) >= 11 is 5.42. The van der Waals surface area contributed by atoms with Crippen LogP contribution >= 0.6 is 11.6 Å². The molecular formula is C14H18ClNO3. The fraction of sp³-hybridized carbons (Fsp3) is 0.429. The summed E-state index contributed by atoms with van der Waals surface area (Å²) in [4.78, 5) is 24.3. The van der Waals surface area contributed by atoms with Crippen LogP contribution in [-0.2, 0) is 11.3 Å². The summed E-state index contributed by atoms with van der Waals surface area (Å²) < 4.78 is 5.24. The van der Waals surface area contributed by atoms with Gasteiger partial charge in [0.2, 0.25) is 0 Å². The summed E-state index contributed by atoms with van der Waals surface area (Å²) in [6, 6.07) is 6.85. The van der Waals surface area contributed by atoms with Crippen molar-refractivity contribution in [2.24, 2.45) is 0 Å². The molecule has 0 bridgehead atoms. The Morgan fingerprint density at radius 3 is 2.47 bits per heavy atom. The highest BCUT2D eigenvalue weighted by Gasteiger charge is 2.19. The number of halogens is 1. The highest BCUT2D eigenvalue weighted by Crippen LogP contribution is 2.13. The smallest absolute Gasteiger partial charge is 0.410 e. The zero-order valence-corrected chi connectivity index (χ0v) is 12.3. The van der Waals surface area contributed by atoms with Crippen LogP contribution in [0.4, 0.5) is 4.79 Å². The average molecular weight is 284 g/mol. The first kappa shape index (κ1) is 15.5. The maximum atomic E-state index is 11.8. The van der Waals surface area contributed by atoms with Crippen molar-refractivity contribution in [1.29, 1.82) is 0 Å². The van der Waals surface area contributed by atoms with Gasteiger partial charge in [0.15, 0.2) is 0 Å². The van der Waals surface area contributed by atoms with Crippen LogP contribution in [-0.4, -0.2) is 28.9 Å². The summed E-state index contributed by atoms with van der Waals surface area (Å²) in [5.41, 5.74) is 0.705. The van der Waals surface area contributed by atoms with E-state index in [0.29, 0.717) is 12.1 Å². The number of carbonyl (C=O) groups is 2. The van der Waals surface area contributed by atoms with E-state index >= 15 is 0 Å². The molecule has 0 N–H and O–H groups in total. The SMILES string of the molecule is CN(Cc1cccc(C(=O)Cl)c1)C(=O)OC(C)(C)C. The molecule has 104 valence electrons. The Morgan fingerprint density at radius 2 is 1.95 bits per heavy atom. The average Bonchev–Trinajstić information content (AvgIpc) is 2.27. The molecule has 1 rings (SSSR count). The second kappa shape index (κ2) is 6.06. The van der Waals surface area contributed by atoms with Crippen molar-refractivity contribution in [3.05, 3.63) is 35.4 Å². The molecule has 0 unspecified atom stereocenters. The topological polar surface area (TPSA) is 46.6 Å². The van der Waals surface area contributed by atoms with Gasteiger partial charge in [-0.15, -0.1) is 0 Å². The maximum absolute atomic E-state index is 11.8. The molecule has 1 aromatic carbocycles. The van der Waals surface area contributed by atoms with Crippen molar-refractivity contribution in [1.82, 2.24) is 4.90 Å². The van der Waals surface area contributed by atoms with Gasteiger partial charge < -0.3 is 9.64 Å². The van der Waals surface area contributed by atoms with Gasteiger partial charge in [0.25, 0.3) is 5.24 Å². The molecule has 0 atom stereocenters. The van der Waals surface area contributed by atoms with E-state index in [0.717, 1.165) is 5.56 Å². The van der Waals surface area contributed by atoms with Crippen LogP contribution in [0, 0.1) is 0 Å². The summed E-state index contributed by atoms with van der Waals surface area (Å²) in [7, 11) is 1.64. The molecule has 0 aliphatic heterocycles. The van der Waals surface area contributed by atoms with Crippen LogP contribution in [0.25, 0.3) is 0 Å². The molecule has 1 aromatic rings. The van der Waals surface area contributed by atoms with E-state index in [1.54, 1.807) is 25.2 Å². The second-order valence-electron chi connectivity index (χ2n) is 5.31. The van der Waals surface area contributed by atoms with Gasteiger partial charge in [-0.25, -0.2) is 4.79 Å². The largest absolute Gasteiger partial charge is 0.444 e. The zero-order chi connectivity index (χ0) is 14.6. The molecule has 4 nitrogen and oxygen atoms in total. The molecule has 0 aromatic heterocycles. The Labute approximate surface area is 118 Å². The van der Waals surface area contributed by atoms with E-state index in [1.165, 1.54) is 4.90 Å². The minimum atomic E-state index is -0.528. The van der Waals surface area contributed by atoms with E-state index in [9.17, 15) is 9.59 Å². The van der Waals surface area contributed by atoms with Gasteiger partial charge in [-0.3, -0.25) is 4.79 Å². The monoisotopic (exact) mass is 283 g/mol. The molecule has 19 heavy (non-hydrogen) atoms. The number of hydrogen-bond acceptors (Lipinski definition) is 3. The third kappa shape index (κ3) is 5.30. The summed E-state index contributed by atoms with van der Waals surface area (Å²) in [6.07, 6.45) is -0.407. The minimum Gasteiger partial charge on any atom is -0.444 e. The molecule has 0 saturated heterocycles. The Balaban J connectivity index is 2.71. The van der Waals surface area contributed by atoms with Crippen molar-refractivity contribution in [3.8, 4) is 0 Å². The number of nitrogens with zero attached hydrogens (tertiary/aromatic N) is 1. The van der Waals surface area contributed by atoms with Crippen LogP contribution in [0.2, 0.25) is 0 Å². The minimum absolute atomic E-state index is 0.354. The van der Waals surface area contributed by atoms with Gasteiger partial charge in [0, 0.05) is 19.2 Å². The fourth-order valence-corrected chi connectivity index (χ4v) is 1.59. The van der Waals surface area contributed by atoms with Gasteiger partial charge in [-0.05, 0) is 44.0 Å². The van der Waals surface area contributed by atoms with Gasteiger partial charge in [0.1, 0.15) is 5.60 Å². The first-order valence-electron chi connectivity index (χ1n) is 5.92. The molecule has 1 amide bonds. The van der Waals surface area contributed by atoms with E-state index in [-0.39, 0.29) is 0 Å². The second-order valence-corrected chi connectivity index (χ2v) is 5.65. The molecule has 0 saturated carbocycles. The Kier molecular flexibility index (Phi) is 4.95. The van der Waals surface area contributed by atoms with Crippen molar-refractivity contribution in [2.75, 3.05) is 7.05 Å². The predicted molar refractivity (Wildman–Crippen MR) is 74.3 cm³/mol. The molecular weight excluding hydrogens is 266 g/mol. The highest BCUT2D eigenvalue weighted by atomic mass is 35.5. The molecule has 0 heterocycles. The number of ether oxygens (including phenoxy) is 1. The first-order chi connectivity index (χ1) is 8.69. The summed E-state index contributed by atoms with van der Waals surface area (Å²) in [6.45, 7) is 5.79. The van der Waals surface area contributed by atoms with E-state index in [2.05, 4.69) is 0 Å². The molecule has 0 fully saturated rings. The van der Waals surface area contributed by atoms with E-state index in [4.69, 9.17) is 16.3 Å². The van der Waals surface area contributed by atoms with Crippen molar-refractivity contribution < 1.29 is 14.3 Å². The number of hydrogen-bond donors (Lipinski definition) is 0.